The molecule has 5 heteroatoms. The van der Waals surface area contributed by atoms with E-state index in [2.05, 4.69) is 10.6 Å². The standard InChI is InChI=1S/C14H20N2O3/c17-13(15-8-6-11-7-9-19-10-11)14(18)16-12-4-2-1-3-5-12/h7,9-10,12H,1-6,8H2,(H,15,17)(H,16,18). The van der Waals surface area contributed by atoms with Crippen molar-refractivity contribution in [1.82, 2.24) is 10.6 Å². The first kappa shape index (κ1) is 13.6. The molecule has 1 aliphatic carbocycles. The Morgan fingerprint density at radius 2 is 2.00 bits per heavy atom. The third-order valence-electron chi connectivity index (χ3n) is 3.43. The van der Waals surface area contributed by atoms with E-state index in [0.29, 0.717) is 13.0 Å². The summed E-state index contributed by atoms with van der Waals surface area (Å²) in [5.74, 6) is -1.06. The van der Waals surface area contributed by atoms with Crippen molar-refractivity contribution in [3.05, 3.63) is 24.2 Å². The Labute approximate surface area is 112 Å². The molecule has 1 fully saturated rings. The lowest BCUT2D eigenvalue weighted by Gasteiger charge is -2.22. The summed E-state index contributed by atoms with van der Waals surface area (Å²) >= 11 is 0. The van der Waals surface area contributed by atoms with Gasteiger partial charge >= 0.3 is 11.8 Å². The van der Waals surface area contributed by atoms with Crippen molar-refractivity contribution in [3.63, 3.8) is 0 Å². The Hall–Kier alpha value is -1.78. The van der Waals surface area contributed by atoms with E-state index < -0.39 is 11.8 Å². The van der Waals surface area contributed by atoms with Crippen molar-refractivity contribution < 1.29 is 14.0 Å². The molecule has 0 unspecified atom stereocenters. The molecule has 1 aromatic heterocycles. The number of carbonyl (C=O) groups excluding carboxylic acids is 2. The maximum atomic E-state index is 11.7. The van der Waals surface area contributed by atoms with Crippen LogP contribution in [-0.4, -0.2) is 24.4 Å². The molecular formula is C14H20N2O3. The molecule has 104 valence electrons. The summed E-state index contributed by atoms with van der Waals surface area (Å²) in [5, 5.41) is 5.41. The summed E-state index contributed by atoms with van der Waals surface area (Å²) < 4.78 is 4.93. The average Bonchev–Trinajstić information content (AvgIpc) is 2.93. The largest absolute Gasteiger partial charge is 0.472 e. The van der Waals surface area contributed by atoms with E-state index in [4.69, 9.17) is 4.42 Å². The highest BCUT2D eigenvalue weighted by Crippen LogP contribution is 2.17. The van der Waals surface area contributed by atoms with E-state index in [0.717, 1.165) is 31.2 Å². The van der Waals surface area contributed by atoms with Gasteiger partial charge in [-0.3, -0.25) is 9.59 Å². The lowest BCUT2D eigenvalue weighted by atomic mass is 9.95. The minimum absolute atomic E-state index is 0.167. The summed E-state index contributed by atoms with van der Waals surface area (Å²) in [6, 6.07) is 2.01. The topological polar surface area (TPSA) is 71.3 Å². The number of nitrogens with one attached hydrogen (secondary N) is 2. The zero-order chi connectivity index (χ0) is 13.5. The summed E-state index contributed by atoms with van der Waals surface area (Å²) in [5.41, 5.74) is 1.01. The SMILES string of the molecule is O=C(NCCc1ccoc1)C(=O)NC1CCCCC1. The summed E-state index contributed by atoms with van der Waals surface area (Å²) in [7, 11) is 0. The van der Waals surface area contributed by atoms with Crippen molar-refractivity contribution >= 4 is 11.8 Å². The van der Waals surface area contributed by atoms with Gasteiger partial charge in [0.15, 0.2) is 0 Å². The second kappa shape index (κ2) is 6.97. The van der Waals surface area contributed by atoms with Gasteiger partial charge in [0.2, 0.25) is 0 Å². The molecule has 2 amide bonds. The highest BCUT2D eigenvalue weighted by Gasteiger charge is 2.19. The van der Waals surface area contributed by atoms with Gasteiger partial charge < -0.3 is 15.1 Å². The molecule has 1 saturated carbocycles. The van der Waals surface area contributed by atoms with Gasteiger partial charge in [-0.15, -0.1) is 0 Å². The maximum Gasteiger partial charge on any atom is 0.309 e. The Kier molecular flexibility index (Phi) is 5.01. The van der Waals surface area contributed by atoms with Crippen LogP contribution in [0.15, 0.2) is 23.0 Å². The molecule has 0 bridgehead atoms. The Morgan fingerprint density at radius 3 is 2.68 bits per heavy atom. The van der Waals surface area contributed by atoms with E-state index in [1.807, 2.05) is 6.07 Å². The normalized spacial score (nSPS) is 16.0. The zero-order valence-corrected chi connectivity index (χ0v) is 11.0. The second-order valence-corrected chi connectivity index (χ2v) is 4.95. The molecule has 5 nitrogen and oxygen atoms in total. The fourth-order valence-electron chi connectivity index (χ4n) is 2.33. The summed E-state index contributed by atoms with van der Waals surface area (Å²) in [6.07, 6.45) is 9.34. The number of amides is 2. The van der Waals surface area contributed by atoms with Crippen LogP contribution in [0.3, 0.4) is 0 Å². The van der Waals surface area contributed by atoms with E-state index in [-0.39, 0.29) is 6.04 Å². The molecule has 1 aromatic rings. The molecule has 0 aliphatic heterocycles. The summed E-state index contributed by atoms with van der Waals surface area (Å²) in [6.45, 7) is 0.441. The number of furan rings is 1. The van der Waals surface area contributed by atoms with Gasteiger partial charge in [-0.2, -0.15) is 0 Å². The molecule has 0 aromatic carbocycles. The molecule has 2 rings (SSSR count). The van der Waals surface area contributed by atoms with Crippen LogP contribution in [0.2, 0.25) is 0 Å². The van der Waals surface area contributed by atoms with Crippen molar-refractivity contribution in [1.29, 1.82) is 0 Å². The first-order chi connectivity index (χ1) is 9.25. The van der Waals surface area contributed by atoms with Crippen LogP contribution in [0.1, 0.15) is 37.7 Å². The van der Waals surface area contributed by atoms with E-state index >= 15 is 0 Å². The van der Waals surface area contributed by atoms with Gasteiger partial charge in [-0.25, -0.2) is 0 Å². The van der Waals surface area contributed by atoms with Crippen molar-refractivity contribution in [2.75, 3.05) is 6.54 Å². The van der Waals surface area contributed by atoms with Crippen molar-refractivity contribution in [2.24, 2.45) is 0 Å². The molecule has 19 heavy (non-hydrogen) atoms. The number of rotatable bonds is 4. The predicted molar refractivity (Wildman–Crippen MR) is 70.4 cm³/mol. The minimum atomic E-state index is -0.547. The van der Waals surface area contributed by atoms with Crippen LogP contribution in [0.25, 0.3) is 0 Å². The third kappa shape index (κ3) is 4.43. The highest BCUT2D eigenvalue weighted by atomic mass is 16.3. The monoisotopic (exact) mass is 264 g/mol. The summed E-state index contributed by atoms with van der Waals surface area (Å²) in [4.78, 5) is 23.3. The Bertz CT molecular complexity index is 408. The predicted octanol–water partition coefficient (Wildman–Crippen LogP) is 1.39. The number of hydrogen-bond donors (Lipinski definition) is 2. The van der Waals surface area contributed by atoms with E-state index in [1.54, 1.807) is 12.5 Å². The quantitative estimate of drug-likeness (QED) is 0.807. The van der Waals surface area contributed by atoms with Gasteiger partial charge in [0.05, 0.1) is 12.5 Å². The zero-order valence-electron chi connectivity index (χ0n) is 11.0. The first-order valence-electron chi connectivity index (χ1n) is 6.85. The van der Waals surface area contributed by atoms with Crippen molar-refractivity contribution in [3.8, 4) is 0 Å². The smallest absolute Gasteiger partial charge is 0.309 e. The molecule has 2 N–H and O–H groups in total. The fraction of sp³-hybridized carbons (Fsp3) is 0.571. The van der Waals surface area contributed by atoms with Gasteiger partial charge in [-0.1, -0.05) is 19.3 Å². The van der Waals surface area contributed by atoms with Gasteiger partial charge in [0, 0.05) is 12.6 Å². The molecule has 1 heterocycles. The number of carbonyl (C=O) groups is 2. The average molecular weight is 264 g/mol. The van der Waals surface area contributed by atoms with Gasteiger partial charge in [-0.05, 0) is 30.9 Å². The van der Waals surface area contributed by atoms with Crippen LogP contribution < -0.4 is 10.6 Å². The minimum Gasteiger partial charge on any atom is -0.472 e. The van der Waals surface area contributed by atoms with Crippen LogP contribution in [0.5, 0.6) is 0 Å². The van der Waals surface area contributed by atoms with Crippen LogP contribution in [0, 0.1) is 0 Å². The van der Waals surface area contributed by atoms with Gasteiger partial charge in [0.25, 0.3) is 0 Å². The molecular weight excluding hydrogens is 244 g/mol. The molecule has 1 aliphatic rings. The number of hydrogen-bond acceptors (Lipinski definition) is 3. The first-order valence-corrected chi connectivity index (χ1v) is 6.85. The lowest BCUT2D eigenvalue weighted by Crippen LogP contribution is -2.45. The molecule has 0 atom stereocenters. The fourth-order valence-corrected chi connectivity index (χ4v) is 2.33. The molecule has 0 spiro atoms. The molecule has 0 saturated heterocycles. The Balaban J connectivity index is 1.65. The maximum absolute atomic E-state index is 11.7. The molecule has 0 radical (unpaired) electrons. The highest BCUT2D eigenvalue weighted by molar-refractivity contribution is 6.35. The van der Waals surface area contributed by atoms with Crippen LogP contribution >= 0.6 is 0 Å². The van der Waals surface area contributed by atoms with Crippen molar-refractivity contribution in [2.45, 2.75) is 44.6 Å². The van der Waals surface area contributed by atoms with E-state index in [1.165, 1.54) is 6.42 Å². The Morgan fingerprint density at radius 1 is 1.21 bits per heavy atom. The van der Waals surface area contributed by atoms with E-state index in [9.17, 15) is 9.59 Å². The van der Waals surface area contributed by atoms with Crippen LogP contribution in [-0.2, 0) is 16.0 Å². The van der Waals surface area contributed by atoms with Gasteiger partial charge in [0.1, 0.15) is 0 Å². The lowest BCUT2D eigenvalue weighted by molar-refractivity contribution is -0.139. The van der Waals surface area contributed by atoms with Crippen LogP contribution in [0.4, 0.5) is 0 Å². The third-order valence-corrected chi connectivity index (χ3v) is 3.43. The second-order valence-electron chi connectivity index (χ2n) is 4.95.